The maximum Gasteiger partial charge on any atom is 0.339 e. The third kappa shape index (κ3) is 2.08. The topological polar surface area (TPSA) is 98.2 Å². The highest BCUT2D eigenvalue weighted by Crippen LogP contribution is 2.21. The number of benzene rings is 1. The van der Waals surface area contributed by atoms with Crippen molar-refractivity contribution in [3.63, 3.8) is 0 Å². The Hall–Kier alpha value is -2.63. The lowest BCUT2D eigenvalue weighted by Gasteiger charge is -2.02. The van der Waals surface area contributed by atoms with E-state index in [1.807, 2.05) is 6.92 Å². The average molecular weight is 245 g/mol. The Morgan fingerprint density at radius 2 is 2.11 bits per heavy atom. The standard InChI is InChI=1S/C12H11N3O3/c1-7-2-3-10(16)9(4-7)11(17)8-5-14-15(6-8)12(13)18/h2-6,16H,1H3,(H2,13,18). The average Bonchev–Trinajstić information content (AvgIpc) is 2.81. The Labute approximate surface area is 103 Å². The van der Waals surface area contributed by atoms with E-state index >= 15 is 0 Å². The molecule has 0 radical (unpaired) electrons. The minimum Gasteiger partial charge on any atom is -0.507 e. The number of amides is 1. The van der Waals surface area contributed by atoms with Crippen molar-refractivity contribution < 1.29 is 14.7 Å². The second kappa shape index (κ2) is 4.33. The summed E-state index contributed by atoms with van der Waals surface area (Å²) in [6.07, 6.45) is 2.46. The summed E-state index contributed by atoms with van der Waals surface area (Å²) in [7, 11) is 0. The van der Waals surface area contributed by atoms with Gasteiger partial charge in [0.15, 0.2) is 5.78 Å². The van der Waals surface area contributed by atoms with E-state index < -0.39 is 11.8 Å². The van der Waals surface area contributed by atoms with Crippen LogP contribution in [0.3, 0.4) is 0 Å². The number of aromatic hydroxyl groups is 1. The molecular formula is C12H11N3O3. The zero-order valence-electron chi connectivity index (χ0n) is 9.62. The van der Waals surface area contributed by atoms with Crippen LogP contribution < -0.4 is 5.73 Å². The number of ketones is 1. The molecule has 0 spiro atoms. The number of phenols is 1. The molecule has 0 aliphatic rings. The predicted octanol–water partition coefficient (Wildman–Crippen LogP) is 1.05. The molecule has 18 heavy (non-hydrogen) atoms. The van der Waals surface area contributed by atoms with Crippen molar-refractivity contribution in [3.05, 3.63) is 47.3 Å². The maximum absolute atomic E-state index is 12.1. The van der Waals surface area contributed by atoms with E-state index in [1.165, 1.54) is 18.5 Å². The van der Waals surface area contributed by atoms with Crippen molar-refractivity contribution in [3.8, 4) is 5.75 Å². The van der Waals surface area contributed by atoms with Gasteiger partial charge >= 0.3 is 6.03 Å². The number of rotatable bonds is 2. The van der Waals surface area contributed by atoms with Gasteiger partial charge in [0, 0.05) is 6.20 Å². The molecule has 0 atom stereocenters. The maximum atomic E-state index is 12.1. The molecule has 0 fully saturated rings. The molecule has 0 unspecified atom stereocenters. The first-order valence-corrected chi connectivity index (χ1v) is 5.18. The smallest absolute Gasteiger partial charge is 0.339 e. The summed E-state index contributed by atoms with van der Waals surface area (Å²) >= 11 is 0. The largest absolute Gasteiger partial charge is 0.507 e. The number of carbonyl (C=O) groups excluding carboxylic acids is 2. The number of nitrogens with zero attached hydrogens (tertiary/aromatic N) is 2. The SMILES string of the molecule is Cc1ccc(O)c(C(=O)c2cnn(C(N)=O)c2)c1. The molecule has 1 aromatic heterocycles. The number of carbonyl (C=O) groups is 2. The van der Waals surface area contributed by atoms with E-state index in [4.69, 9.17) is 5.73 Å². The van der Waals surface area contributed by atoms with E-state index in [2.05, 4.69) is 5.10 Å². The van der Waals surface area contributed by atoms with Crippen LogP contribution in [0.2, 0.25) is 0 Å². The van der Waals surface area contributed by atoms with Gasteiger partial charge in [-0.2, -0.15) is 9.78 Å². The van der Waals surface area contributed by atoms with Crippen LogP contribution in [0.15, 0.2) is 30.6 Å². The lowest BCUT2D eigenvalue weighted by atomic mass is 10.0. The molecule has 2 aromatic rings. The quantitative estimate of drug-likeness (QED) is 0.772. The summed E-state index contributed by atoms with van der Waals surface area (Å²) in [6, 6.07) is 3.93. The summed E-state index contributed by atoms with van der Waals surface area (Å²) in [5.41, 5.74) is 6.22. The zero-order chi connectivity index (χ0) is 13.3. The highest BCUT2D eigenvalue weighted by Gasteiger charge is 2.16. The van der Waals surface area contributed by atoms with Gasteiger partial charge in [0.05, 0.1) is 17.3 Å². The van der Waals surface area contributed by atoms with E-state index in [9.17, 15) is 14.7 Å². The van der Waals surface area contributed by atoms with E-state index in [0.29, 0.717) is 0 Å². The number of nitrogens with two attached hydrogens (primary N) is 1. The number of primary amides is 1. The van der Waals surface area contributed by atoms with Crippen molar-refractivity contribution in [2.45, 2.75) is 6.92 Å². The minimum absolute atomic E-state index is 0.113. The van der Waals surface area contributed by atoms with Crippen LogP contribution in [0.25, 0.3) is 0 Å². The van der Waals surface area contributed by atoms with Gasteiger partial charge in [0.25, 0.3) is 0 Å². The van der Waals surface area contributed by atoms with Gasteiger partial charge in [0.1, 0.15) is 5.75 Å². The molecule has 1 heterocycles. The van der Waals surface area contributed by atoms with E-state index in [0.717, 1.165) is 10.2 Å². The molecule has 1 aromatic carbocycles. The number of hydrogen-bond acceptors (Lipinski definition) is 4. The predicted molar refractivity (Wildman–Crippen MR) is 63.5 cm³/mol. The molecule has 6 heteroatoms. The Bertz CT molecular complexity index is 631. The van der Waals surface area contributed by atoms with Gasteiger partial charge in [-0.1, -0.05) is 11.6 Å². The Kier molecular flexibility index (Phi) is 2.85. The fourth-order valence-electron chi connectivity index (χ4n) is 1.55. The first-order valence-electron chi connectivity index (χ1n) is 5.18. The number of aromatic nitrogens is 2. The highest BCUT2D eigenvalue weighted by molar-refractivity contribution is 6.10. The highest BCUT2D eigenvalue weighted by atomic mass is 16.3. The fourth-order valence-corrected chi connectivity index (χ4v) is 1.55. The van der Waals surface area contributed by atoms with Crippen molar-refractivity contribution in [1.82, 2.24) is 9.78 Å². The third-order valence-corrected chi connectivity index (χ3v) is 2.47. The summed E-state index contributed by atoms with van der Waals surface area (Å²) < 4.78 is 0.861. The van der Waals surface area contributed by atoms with Crippen LogP contribution in [0, 0.1) is 6.92 Å². The molecule has 2 rings (SSSR count). The number of phenolic OH excluding ortho intramolecular Hbond substituents is 1. The molecular weight excluding hydrogens is 234 g/mol. The molecule has 6 nitrogen and oxygen atoms in total. The number of hydrogen-bond donors (Lipinski definition) is 2. The molecule has 3 N–H and O–H groups in total. The van der Waals surface area contributed by atoms with Gasteiger partial charge in [-0.3, -0.25) is 4.79 Å². The van der Waals surface area contributed by atoms with Crippen LogP contribution in [-0.2, 0) is 0 Å². The summed E-state index contributed by atoms with van der Waals surface area (Å²) in [6.45, 7) is 1.81. The first-order chi connectivity index (χ1) is 8.49. The Balaban J connectivity index is 2.41. The van der Waals surface area contributed by atoms with Gasteiger partial charge in [-0.25, -0.2) is 4.79 Å². The second-order valence-corrected chi connectivity index (χ2v) is 3.86. The van der Waals surface area contributed by atoms with Crippen molar-refractivity contribution in [2.24, 2.45) is 5.73 Å². The zero-order valence-corrected chi connectivity index (χ0v) is 9.62. The lowest BCUT2D eigenvalue weighted by Crippen LogP contribution is -2.19. The Morgan fingerprint density at radius 3 is 2.72 bits per heavy atom. The third-order valence-electron chi connectivity index (χ3n) is 2.47. The van der Waals surface area contributed by atoms with Crippen LogP contribution in [0.5, 0.6) is 5.75 Å². The number of aryl methyl sites for hydroxylation is 1. The van der Waals surface area contributed by atoms with Crippen molar-refractivity contribution in [1.29, 1.82) is 0 Å². The van der Waals surface area contributed by atoms with Crippen molar-refractivity contribution in [2.75, 3.05) is 0 Å². The molecule has 1 amide bonds. The minimum atomic E-state index is -0.775. The lowest BCUT2D eigenvalue weighted by molar-refractivity contribution is 0.103. The monoisotopic (exact) mass is 245 g/mol. The fraction of sp³-hybridized carbons (Fsp3) is 0.0833. The van der Waals surface area contributed by atoms with Gasteiger partial charge in [-0.15, -0.1) is 0 Å². The normalized spacial score (nSPS) is 10.3. The van der Waals surface area contributed by atoms with E-state index in [1.54, 1.807) is 12.1 Å². The molecule has 0 saturated heterocycles. The molecule has 0 aliphatic carbocycles. The van der Waals surface area contributed by atoms with Gasteiger partial charge in [-0.05, 0) is 19.1 Å². The van der Waals surface area contributed by atoms with Crippen LogP contribution >= 0.6 is 0 Å². The molecule has 92 valence electrons. The molecule has 0 bridgehead atoms. The molecule has 0 saturated carbocycles. The summed E-state index contributed by atoms with van der Waals surface area (Å²) in [4.78, 5) is 22.9. The van der Waals surface area contributed by atoms with Crippen LogP contribution in [0.4, 0.5) is 4.79 Å². The summed E-state index contributed by atoms with van der Waals surface area (Å²) in [5, 5.41) is 13.3. The van der Waals surface area contributed by atoms with Crippen LogP contribution in [-0.4, -0.2) is 26.7 Å². The van der Waals surface area contributed by atoms with Gasteiger partial charge in [0.2, 0.25) is 0 Å². The van der Waals surface area contributed by atoms with E-state index in [-0.39, 0.29) is 16.9 Å². The van der Waals surface area contributed by atoms with Gasteiger partial charge < -0.3 is 10.8 Å². The Morgan fingerprint density at radius 1 is 1.39 bits per heavy atom. The second-order valence-electron chi connectivity index (χ2n) is 3.86. The van der Waals surface area contributed by atoms with Crippen molar-refractivity contribution >= 4 is 11.8 Å². The molecule has 0 aliphatic heterocycles. The van der Waals surface area contributed by atoms with Crippen LogP contribution in [0.1, 0.15) is 21.5 Å². The summed E-state index contributed by atoms with van der Waals surface area (Å²) in [5.74, 6) is -0.527. The first kappa shape index (κ1) is 11.8.